The van der Waals surface area contributed by atoms with Crippen molar-refractivity contribution in [3.05, 3.63) is 36.3 Å². The van der Waals surface area contributed by atoms with E-state index in [1.807, 2.05) is 25.1 Å². The first-order valence-electron chi connectivity index (χ1n) is 6.40. The van der Waals surface area contributed by atoms with E-state index in [0.29, 0.717) is 17.4 Å². The lowest BCUT2D eigenvalue weighted by atomic mass is 10.3. The Hall–Kier alpha value is -2.37. The van der Waals surface area contributed by atoms with Gasteiger partial charge in [0.25, 0.3) is 0 Å². The molecule has 106 valence electrons. The van der Waals surface area contributed by atoms with Crippen LogP contribution in [0.5, 0.6) is 5.75 Å². The summed E-state index contributed by atoms with van der Waals surface area (Å²) in [7, 11) is 1.58. The third-order valence-corrected chi connectivity index (χ3v) is 2.61. The zero-order valence-corrected chi connectivity index (χ0v) is 11.5. The minimum Gasteiger partial charge on any atom is -0.497 e. The fourth-order valence-electron chi connectivity index (χ4n) is 1.61. The van der Waals surface area contributed by atoms with E-state index in [4.69, 9.17) is 4.74 Å². The molecule has 2 N–H and O–H groups in total. The van der Waals surface area contributed by atoms with E-state index in [0.717, 1.165) is 19.2 Å². The average Bonchev–Trinajstić information content (AvgIpc) is 2.48. The largest absolute Gasteiger partial charge is 0.497 e. The third kappa shape index (κ3) is 3.57. The van der Waals surface area contributed by atoms with Crippen molar-refractivity contribution >= 4 is 17.5 Å². The Bertz CT molecular complexity index is 577. The van der Waals surface area contributed by atoms with E-state index in [1.165, 1.54) is 0 Å². The van der Waals surface area contributed by atoms with Gasteiger partial charge in [0.05, 0.1) is 13.3 Å². The van der Waals surface area contributed by atoms with E-state index in [9.17, 15) is 4.39 Å². The Morgan fingerprint density at radius 2 is 2.20 bits per heavy atom. The Labute approximate surface area is 117 Å². The van der Waals surface area contributed by atoms with Crippen LogP contribution in [0, 0.1) is 5.82 Å². The van der Waals surface area contributed by atoms with Gasteiger partial charge in [0.15, 0.2) is 11.6 Å². The van der Waals surface area contributed by atoms with Crippen molar-refractivity contribution in [3.8, 4) is 5.75 Å². The standard InChI is InChI=1S/C14H17FN4O/c1-3-7-16-14-17-9-12(15)13(19-14)18-10-5-4-6-11(8-10)20-2/h4-6,8-9H,3,7H2,1-2H3,(H2,16,17,18,19). The number of anilines is 3. The first-order valence-corrected chi connectivity index (χ1v) is 6.40. The first kappa shape index (κ1) is 14.0. The summed E-state index contributed by atoms with van der Waals surface area (Å²) in [6.07, 6.45) is 2.09. The molecule has 0 aliphatic carbocycles. The number of aromatic nitrogens is 2. The van der Waals surface area contributed by atoms with E-state index >= 15 is 0 Å². The van der Waals surface area contributed by atoms with Crippen molar-refractivity contribution in [2.45, 2.75) is 13.3 Å². The quantitative estimate of drug-likeness (QED) is 0.848. The lowest BCUT2D eigenvalue weighted by molar-refractivity contribution is 0.415. The summed E-state index contributed by atoms with van der Waals surface area (Å²) in [5.41, 5.74) is 0.698. The number of hydrogen-bond acceptors (Lipinski definition) is 5. The highest BCUT2D eigenvalue weighted by molar-refractivity contribution is 5.59. The van der Waals surface area contributed by atoms with Crippen LogP contribution in [0.1, 0.15) is 13.3 Å². The molecule has 0 aliphatic rings. The van der Waals surface area contributed by atoms with Crippen LogP contribution in [0.3, 0.4) is 0 Å². The SMILES string of the molecule is CCCNc1ncc(F)c(Nc2cccc(OC)c2)n1. The summed E-state index contributed by atoms with van der Waals surface area (Å²) in [6, 6.07) is 7.20. The lowest BCUT2D eigenvalue weighted by Crippen LogP contribution is -2.07. The van der Waals surface area contributed by atoms with Crippen molar-refractivity contribution in [3.63, 3.8) is 0 Å². The molecule has 0 radical (unpaired) electrons. The molecular weight excluding hydrogens is 259 g/mol. The molecule has 6 heteroatoms. The van der Waals surface area contributed by atoms with Crippen LogP contribution in [0.4, 0.5) is 21.8 Å². The molecule has 1 heterocycles. The minimum atomic E-state index is -0.505. The minimum absolute atomic E-state index is 0.131. The van der Waals surface area contributed by atoms with Crippen molar-refractivity contribution in [1.82, 2.24) is 9.97 Å². The van der Waals surface area contributed by atoms with Gasteiger partial charge in [-0.25, -0.2) is 9.37 Å². The van der Waals surface area contributed by atoms with E-state index in [1.54, 1.807) is 13.2 Å². The smallest absolute Gasteiger partial charge is 0.224 e. The highest BCUT2D eigenvalue weighted by atomic mass is 19.1. The molecule has 1 aromatic heterocycles. The summed E-state index contributed by atoms with van der Waals surface area (Å²) in [5.74, 6) is 0.717. The molecule has 0 fully saturated rings. The van der Waals surface area contributed by atoms with Gasteiger partial charge in [0, 0.05) is 18.3 Å². The monoisotopic (exact) mass is 276 g/mol. The van der Waals surface area contributed by atoms with Gasteiger partial charge < -0.3 is 15.4 Å². The Balaban J connectivity index is 2.18. The van der Waals surface area contributed by atoms with Crippen LogP contribution >= 0.6 is 0 Å². The molecule has 0 aliphatic heterocycles. The number of hydrogen-bond donors (Lipinski definition) is 2. The van der Waals surface area contributed by atoms with Crippen molar-refractivity contribution < 1.29 is 9.13 Å². The van der Waals surface area contributed by atoms with Crippen LogP contribution in [0.25, 0.3) is 0 Å². The molecule has 1 aromatic carbocycles. The number of methoxy groups -OCH3 is 1. The number of nitrogens with zero attached hydrogens (tertiary/aromatic N) is 2. The summed E-state index contributed by atoms with van der Waals surface area (Å²) in [5, 5.41) is 5.93. The van der Waals surface area contributed by atoms with Crippen LogP contribution in [0.15, 0.2) is 30.5 Å². The van der Waals surface area contributed by atoms with E-state index in [-0.39, 0.29) is 5.82 Å². The number of halogens is 1. The van der Waals surface area contributed by atoms with Gasteiger partial charge in [0.1, 0.15) is 5.75 Å². The predicted octanol–water partition coefficient (Wildman–Crippen LogP) is 3.19. The van der Waals surface area contributed by atoms with Gasteiger partial charge >= 0.3 is 0 Å². The highest BCUT2D eigenvalue weighted by Crippen LogP contribution is 2.22. The van der Waals surface area contributed by atoms with E-state index in [2.05, 4.69) is 20.6 Å². The normalized spacial score (nSPS) is 10.2. The van der Waals surface area contributed by atoms with Crippen molar-refractivity contribution in [2.24, 2.45) is 0 Å². The molecule has 0 spiro atoms. The topological polar surface area (TPSA) is 59.1 Å². The molecule has 2 rings (SSSR count). The maximum Gasteiger partial charge on any atom is 0.224 e. The van der Waals surface area contributed by atoms with Gasteiger partial charge in [-0.2, -0.15) is 4.98 Å². The second kappa shape index (κ2) is 6.70. The third-order valence-electron chi connectivity index (χ3n) is 2.61. The van der Waals surface area contributed by atoms with Gasteiger partial charge in [0.2, 0.25) is 5.95 Å². The molecule has 0 unspecified atom stereocenters. The predicted molar refractivity (Wildman–Crippen MR) is 77.0 cm³/mol. The second-order valence-electron chi connectivity index (χ2n) is 4.17. The number of ether oxygens (including phenoxy) is 1. The summed E-state index contributed by atoms with van der Waals surface area (Å²) in [6.45, 7) is 2.77. The molecule has 2 aromatic rings. The molecule has 0 saturated carbocycles. The molecule has 5 nitrogen and oxygen atoms in total. The lowest BCUT2D eigenvalue weighted by Gasteiger charge is -2.09. The van der Waals surface area contributed by atoms with Gasteiger partial charge in [-0.05, 0) is 18.6 Å². The van der Waals surface area contributed by atoms with Gasteiger partial charge in [-0.3, -0.25) is 0 Å². The van der Waals surface area contributed by atoms with Gasteiger partial charge in [-0.15, -0.1) is 0 Å². The molecule has 0 atom stereocenters. The molecular formula is C14H17FN4O. The maximum atomic E-state index is 13.7. The fourth-order valence-corrected chi connectivity index (χ4v) is 1.61. The average molecular weight is 276 g/mol. The molecule has 0 bridgehead atoms. The first-order chi connectivity index (χ1) is 9.72. The molecule has 0 saturated heterocycles. The van der Waals surface area contributed by atoms with Crippen molar-refractivity contribution in [2.75, 3.05) is 24.3 Å². The van der Waals surface area contributed by atoms with Gasteiger partial charge in [-0.1, -0.05) is 13.0 Å². The molecule has 0 amide bonds. The fraction of sp³-hybridized carbons (Fsp3) is 0.286. The Morgan fingerprint density at radius 3 is 2.95 bits per heavy atom. The van der Waals surface area contributed by atoms with Crippen LogP contribution in [-0.4, -0.2) is 23.6 Å². The Kier molecular flexibility index (Phi) is 4.70. The summed E-state index contributed by atoms with van der Waals surface area (Å²) < 4.78 is 18.8. The van der Waals surface area contributed by atoms with Crippen LogP contribution in [0.2, 0.25) is 0 Å². The number of benzene rings is 1. The van der Waals surface area contributed by atoms with E-state index < -0.39 is 5.82 Å². The zero-order valence-electron chi connectivity index (χ0n) is 11.5. The number of rotatable bonds is 6. The maximum absolute atomic E-state index is 13.7. The van der Waals surface area contributed by atoms with Crippen LogP contribution in [-0.2, 0) is 0 Å². The zero-order chi connectivity index (χ0) is 14.4. The second-order valence-corrected chi connectivity index (χ2v) is 4.17. The summed E-state index contributed by atoms with van der Waals surface area (Å²) >= 11 is 0. The molecule has 20 heavy (non-hydrogen) atoms. The van der Waals surface area contributed by atoms with Crippen molar-refractivity contribution in [1.29, 1.82) is 0 Å². The summed E-state index contributed by atoms with van der Waals surface area (Å²) in [4.78, 5) is 8.00. The van der Waals surface area contributed by atoms with Crippen LogP contribution < -0.4 is 15.4 Å². The highest BCUT2D eigenvalue weighted by Gasteiger charge is 2.07. The Morgan fingerprint density at radius 1 is 1.35 bits per heavy atom. The number of nitrogens with one attached hydrogen (secondary N) is 2.